The molecular formula is C18H25N5O2. The van der Waals surface area contributed by atoms with Gasteiger partial charge in [0.15, 0.2) is 0 Å². The molecule has 7 heteroatoms. The summed E-state index contributed by atoms with van der Waals surface area (Å²) in [7, 11) is 3.92. The zero-order valence-electron chi connectivity index (χ0n) is 14.8. The molecule has 7 nitrogen and oxygen atoms in total. The molecule has 2 aromatic rings. The van der Waals surface area contributed by atoms with Gasteiger partial charge in [-0.05, 0) is 18.6 Å². The lowest BCUT2D eigenvalue weighted by atomic mass is 10.1. The van der Waals surface area contributed by atoms with Gasteiger partial charge < -0.3 is 19.1 Å². The molecule has 1 fully saturated rings. The van der Waals surface area contributed by atoms with Gasteiger partial charge in [-0.2, -0.15) is 0 Å². The van der Waals surface area contributed by atoms with Gasteiger partial charge >= 0.3 is 0 Å². The topological polar surface area (TPSA) is 63.5 Å². The monoisotopic (exact) mass is 343 g/mol. The molecule has 0 N–H and O–H groups in total. The summed E-state index contributed by atoms with van der Waals surface area (Å²) >= 11 is 0. The van der Waals surface area contributed by atoms with E-state index in [-0.39, 0.29) is 12.0 Å². The Balaban J connectivity index is 1.55. The summed E-state index contributed by atoms with van der Waals surface area (Å²) in [6.45, 7) is 2.57. The predicted octanol–water partition coefficient (Wildman–Crippen LogP) is 1.72. The third-order valence-corrected chi connectivity index (χ3v) is 4.33. The average Bonchev–Trinajstić information content (AvgIpc) is 3.15. The molecule has 0 unspecified atom stereocenters. The lowest BCUT2D eigenvalue weighted by molar-refractivity contribution is -0.139. The van der Waals surface area contributed by atoms with E-state index in [1.54, 1.807) is 12.5 Å². The molecule has 0 radical (unpaired) electrons. The number of hydrogen-bond acceptors (Lipinski definition) is 5. The van der Waals surface area contributed by atoms with Crippen molar-refractivity contribution in [2.75, 3.05) is 38.7 Å². The predicted molar refractivity (Wildman–Crippen MR) is 95.3 cm³/mol. The Morgan fingerprint density at radius 1 is 1.40 bits per heavy atom. The van der Waals surface area contributed by atoms with Crippen molar-refractivity contribution in [3.05, 3.63) is 42.6 Å². The van der Waals surface area contributed by atoms with Gasteiger partial charge in [-0.3, -0.25) is 4.79 Å². The molecule has 0 bridgehead atoms. The van der Waals surface area contributed by atoms with Crippen molar-refractivity contribution in [2.45, 2.75) is 25.5 Å². The van der Waals surface area contributed by atoms with Crippen LogP contribution in [0.25, 0.3) is 0 Å². The molecular weight excluding hydrogens is 318 g/mol. The molecule has 0 aromatic carbocycles. The van der Waals surface area contributed by atoms with E-state index in [2.05, 4.69) is 9.97 Å². The number of carbonyl (C=O) groups is 1. The zero-order valence-corrected chi connectivity index (χ0v) is 14.8. The van der Waals surface area contributed by atoms with Crippen LogP contribution in [0.3, 0.4) is 0 Å². The van der Waals surface area contributed by atoms with Crippen LogP contribution in [-0.2, 0) is 16.1 Å². The summed E-state index contributed by atoms with van der Waals surface area (Å²) in [5.41, 5.74) is 0.877. The Morgan fingerprint density at radius 3 is 3.04 bits per heavy atom. The quantitative estimate of drug-likeness (QED) is 0.799. The van der Waals surface area contributed by atoms with Crippen LogP contribution in [0.1, 0.15) is 24.6 Å². The minimum atomic E-state index is -0.161. The van der Waals surface area contributed by atoms with E-state index in [0.29, 0.717) is 26.1 Å². The fraction of sp³-hybridized carbons (Fsp3) is 0.500. The highest BCUT2D eigenvalue weighted by Gasteiger charge is 2.26. The highest BCUT2D eigenvalue weighted by Crippen LogP contribution is 2.23. The number of carbonyl (C=O) groups excluding carboxylic acids is 1. The maximum Gasteiger partial charge on any atom is 0.222 e. The number of pyridine rings is 1. The number of ether oxygens (including phenoxy) is 1. The number of imidazole rings is 1. The van der Waals surface area contributed by atoms with E-state index in [1.165, 1.54) is 0 Å². The number of amides is 1. The smallest absolute Gasteiger partial charge is 0.222 e. The third-order valence-electron chi connectivity index (χ3n) is 4.33. The maximum atomic E-state index is 12.5. The lowest BCUT2D eigenvalue weighted by Crippen LogP contribution is -2.42. The fourth-order valence-electron chi connectivity index (χ4n) is 2.91. The average molecular weight is 343 g/mol. The molecule has 25 heavy (non-hydrogen) atoms. The lowest BCUT2D eigenvalue weighted by Gasteiger charge is -2.33. The molecule has 3 rings (SSSR count). The number of aromatic nitrogens is 3. The van der Waals surface area contributed by atoms with Gasteiger partial charge in [-0.1, -0.05) is 6.07 Å². The van der Waals surface area contributed by atoms with Crippen LogP contribution < -0.4 is 4.90 Å². The second-order valence-electron chi connectivity index (χ2n) is 6.42. The van der Waals surface area contributed by atoms with E-state index in [0.717, 1.165) is 24.5 Å². The molecule has 0 saturated carbocycles. The first kappa shape index (κ1) is 17.4. The maximum absolute atomic E-state index is 12.5. The molecule has 0 spiro atoms. The van der Waals surface area contributed by atoms with Gasteiger partial charge in [-0.25, -0.2) is 9.97 Å². The summed E-state index contributed by atoms with van der Waals surface area (Å²) in [4.78, 5) is 25.0. The molecule has 2 aromatic heterocycles. The summed E-state index contributed by atoms with van der Waals surface area (Å²) in [6.07, 6.45) is 6.63. The van der Waals surface area contributed by atoms with Crippen LogP contribution in [-0.4, -0.2) is 59.1 Å². The van der Waals surface area contributed by atoms with Gasteiger partial charge in [0.1, 0.15) is 11.9 Å². The highest BCUT2D eigenvalue weighted by molar-refractivity contribution is 5.76. The van der Waals surface area contributed by atoms with Gasteiger partial charge in [0.2, 0.25) is 5.91 Å². The molecule has 134 valence electrons. The van der Waals surface area contributed by atoms with Crippen LogP contribution in [0, 0.1) is 0 Å². The van der Waals surface area contributed by atoms with Crippen molar-refractivity contribution >= 4 is 11.7 Å². The molecule has 1 aliphatic heterocycles. The van der Waals surface area contributed by atoms with Crippen LogP contribution in [0.15, 0.2) is 36.9 Å². The van der Waals surface area contributed by atoms with E-state index < -0.39 is 0 Å². The summed E-state index contributed by atoms with van der Waals surface area (Å²) in [5.74, 6) is 1.07. The molecule has 0 aliphatic carbocycles. The first-order chi connectivity index (χ1) is 12.1. The number of aryl methyl sites for hydroxylation is 1. The fourth-order valence-corrected chi connectivity index (χ4v) is 2.91. The van der Waals surface area contributed by atoms with Gasteiger partial charge in [0.05, 0.1) is 25.2 Å². The Labute approximate surface area is 148 Å². The van der Waals surface area contributed by atoms with Crippen LogP contribution in [0.2, 0.25) is 0 Å². The minimum Gasteiger partial charge on any atom is -0.368 e. The van der Waals surface area contributed by atoms with Gasteiger partial charge in [0, 0.05) is 46.0 Å². The van der Waals surface area contributed by atoms with E-state index in [9.17, 15) is 4.79 Å². The standard InChI is InChI=1S/C18H25N5O2/c1-21(2)17-6-3-5-15(20-17)16-13-23(11-12-25-16)18(24)7-4-9-22-10-8-19-14-22/h3,5-6,8,10,14,16H,4,7,9,11-13H2,1-2H3/t16-/m0/s1. The van der Waals surface area contributed by atoms with Crippen molar-refractivity contribution in [3.63, 3.8) is 0 Å². The number of hydrogen-bond donors (Lipinski definition) is 0. The van der Waals surface area contributed by atoms with Crippen LogP contribution >= 0.6 is 0 Å². The number of morpholine rings is 1. The van der Waals surface area contributed by atoms with E-state index in [1.807, 2.05) is 52.9 Å². The van der Waals surface area contributed by atoms with Crippen LogP contribution in [0.4, 0.5) is 5.82 Å². The Morgan fingerprint density at radius 2 is 2.28 bits per heavy atom. The van der Waals surface area contributed by atoms with Crippen molar-refractivity contribution in [3.8, 4) is 0 Å². The van der Waals surface area contributed by atoms with Gasteiger partial charge in [0.25, 0.3) is 0 Å². The molecule has 1 amide bonds. The molecule has 1 atom stereocenters. The van der Waals surface area contributed by atoms with Crippen molar-refractivity contribution < 1.29 is 9.53 Å². The first-order valence-corrected chi connectivity index (χ1v) is 8.63. The first-order valence-electron chi connectivity index (χ1n) is 8.63. The number of nitrogens with zero attached hydrogens (tertiary/aromatic N) is 5. The van der Waals surface area contributed by atoms with Crippen LogP contribution in [0.5, 0.6) is 0 Å². The summed E-state index contributed by atoms with van der Waals surface area (Å²) in [6, 6.07) is 5.91. The normalized spacial score (nSPS) is 17.5. The summed E-state index contributed by atoms with van der Waals surface area (Å²) in [5, 5.41) is 0. The highest BCUT2D eigenvalue weighted by atomic mass is 16.5. The molecule has 3 heterocycles. The largest absolute Gasteiger partial charge is 0.368 e. The number of rotatable bonds is 6. The minimum absolute atomic E-state index is 0.161. The molecule has 1 aliphatic rings. The Bertz CT molecular complexity index is 687. The van der Waals surface area contributed by atoms with Gasteiger partial charge in [-0.15, -0.1) is 0 Å². The van der Waals surface area contributed by atoms with Crippen molar-refractivity contribution in [1.82, 2.24) is 19.4 Å². The second-order valence-corrected chi connectivity index (χ2v) is 6.42. The van der Waals surface area contributed by atoms with Crippen molar-refractivity contribution in [1.29, 1.82) is 0 Å². The van der Waals surface area contributed by atoms with Crippen molar-refractivity contribution in [2.24, 2.45) is 0 Å². The molecule has 1 saturated heterocycles. The third kappa shape index (κ3) is 4.57. The Hall–Kier alpha value is -2.41. The number of anilines is 1. The zero-order chi connectivity index (χ0) is 17.6. The second kappa shape index (κ2) is 8.11. The Kier molecular flexibility index (Phi) is 5.65. The SMILES string of the molecule is CN(C)c1cccc([C@@H]2CN(C(=O)CCCn3ccnc3)CCO2)n1. The van der Waals surface area contributed by atoms with E-state index in [4.69, 9.17) is 4.74 Å². The van der Waals surface area contributed by atoms with E-state index >= 15 is 0 Å². The summed E-state index contributed by atoms with van der Waals surface area (Å²) < 4.78 is 7.85.